The van der Waals surface area contributed by atoms with Gasteiger partial charge in [-0.3, -0.25) is 0 Å². The maximum atomic E-state index is 9.11. The summed E-state index contributed by atoms with van der Waals surface area (Å²) in [6, 6.07) is 1.78. The summed E-state index contributed by atoms with van der Waals surface area (Å²) >= 11 is 0. The Morgan fingerprint density at radius 1 is 1.47 bits per heavy atom. The third-order valence-corrected chi connectivity index (χ3v) is 1.93. The number of hydrogen-bond acceptors (Lipinski definition) is 5. The number of hydrogen-bond donors (Lipinski definition) is 3. The number of imidazole rings is 1. The van der Waals surface area contributed by atoms with E-state index in [4.69, 9.17) is 14.9 Å². The quantitative estimate of drug-likeness (QED) is 0.642. The number of aromatic amines is 1. The molecule has 2 rings (SSSR count). The first-order chi connectivity index (χ1) is 7.31. The molecule has 0 bridgehead atoms. The van der Waals surface area contributed by atoms with E-state index in [0.29, 0.717) is 11.4 Å². The number of aliphatic hydroxyl groups is 2. The van der Waals surface area contributed by atoms with E-state index in [0.717, 1.165) is 5.52 Å². The van der Waals surface area contributed by atoms with Crippen LogP contribution in [0.3, 0.4) is 0 Å². The molecule has 0 radical (unpaired) electrons. The van der Waals surface area contributed by atoms with Gasteiger partial charge in [-0.15, -0.1) is 0 Å². The van der Waals surface area contributed by atoms with E-state index in [1.807, 2.05) is 0 Å². The van der Waals surface area contributed by atoms with Gasteiger partial charge in [-0.25, -0.2) is 9.97 Å². The van der Waals surface area contributed by atoms with Gasteiger partial charge >= 0.3 is 0 Å². The average molecular weight is 209 g/mol. The van der Waals surface area contributed by atoms with E-state index in [9.17, 15) is 0 Å². The van der Waals surface area contributed by atoms with E-state index in [2.05, 4.69) is 15.0 Å². The Morgan fingerprint density at radius 3 is 3.13 bits per heavy atom. The Bertz CT molecular complexity index is 443. The van der Waals surface area contributed by atoms with Crippen molar-refractivity contribution in [1.82, 2.24) is 15.0 Å². The number of nitrogens with zero attached hydrogens (tertiary/aromatic N) is 2. The summed E-state index contributed by atoms with van der Waals surface area (Å²) in [5.74, 6) is 0.348. The van der Waals surface area contributed by atoms with Crippen LogP contribution in [-0.4, -0.2) is 44.5 Å². The molecule has 0 spiro atoms. The van der Waals surface area contributed by atoms with E-state index < -0.39 is 6.10 Å². The van der Waals surface area contributed by atoms with Gasteiger partial charge < -0.3 is 19.9 Å². The zero-order valence-electron chi connectivity index (χ0n) is 7.92. The molecule has 3 N–H and O–H groups in total. The SMILES string of the molecule is OCC(O)COc1nccc2[nH]cnc12. The topological polar surface area (TPSA) is 91.3 Å². The smallest absolute Gasteiger partial charge is 0.242 e. The summed E-state index contributed by atoms with van der Waals surface area (Å²) < 4.78 is 5.23. The average Bonchev–Trinajstić information content (AvgIpc) is 2.74. The van der Waals surface area contributed by atoms with Crippen molar-refractivity contribution >= 4 is 11.0 Å². The molecule has 0 aliphatic heterocycles. The van der Waals surface area contributed by atoms with Crippen LogP contribution >= 0.6 is 0 Å². The van der Waals surface area contributed by atoms with Crippen LogP contribution in [0.2, 0.25) is 0 Å². The van der Waals surface area contributed by atoms with Crippen LogP contribution in [0.1, 0.15) is 0 Å². The number of nitrogens with one attached hydrogen (secondary N) is 1. The third kappa shape index (κ3) is 2.05. The molecule has 0 aliphatic rings. The molecule has 15 heavy (non-hydrogen) atoms. The number of pyridine rings is 1. The highest BCUT2D eigenvalue weighted by Gasteiger charge is 2.08. The van der Waals surface area contributed by atoms with Crippen molar-refractivity contribution in [3.8, 4) is 5.88 Å². The summed E-state index contributed by atoms with van der Waals surface area (Å²) in [6.45, 7) is -0.341. The lowest BCUT2D eigenvalue weighted by Gasteiger charge is -2.08. The van der Waals surface area contributed by atoms with E-state index >= 15 is 0 Å². The van der Waals surface area contributed by atoms with Crippen LogP contribution in [0.15, 0.2) is 18.6 Å². The second-order valence-corrected chi connectivity index (χ2v) is 3.06. The third-order valence-electron chi connectivity index (χ3n) is 1.93. The van der Waals surface area contributed by atoms with Crippen molar-refractivity contribution in [2.75, 3.05) is 13.2 Å². The Balaban J connectivity index is 2.17. The lowest BCUT2D eigenvalue weighted by Crippen LogP contribution is -2.21. The predicted molar refractivity (Wildman–Crippen MR) is 52.5 cm³/mol. The fourth-order valence-electron chi connectivity index (χ4n) is 1.18. The van der Waals surface area contributed by atoms with Crippen molar-refractivity contribution in [1.29, 1.82) is 0 Å². The second kappa shape index (κ2) is 4.24. The molecule has 0 saturated carbocycles. The molecule has 0 amide bonds. The Hall–Kier alpha value is -1.66. The maximum absolute atomic E-state index is 9.11. The summed E-state index contributed by atoms with van der Waals surface area (Å²) in [7, 11) is 0. The van der Waals surface area contributed by atoms with Crippen molar-refractivity contribution in [2.45, 2.75) is 6.10 Å². The standard InChI is InChI=1S/C9H11N3O3/c13-3-6(14)4-15-9-8-7(1-2-10-9)11-5-12-8/h1-2,5-6,13-14H,3-4H2,(H,11,12). The van der Waals surface area contributed by atoms with Gasteiger partial charge in [0.05, 0.1) is 18.5 Å². The van der Waals surface area contributed by atoms with Crippen molar-refractivity contribution in [3.63, 3.8) is 0 Å². The van der Waals surface area contributed by atoms with Gasteiger partial charge in [0.1, 0.15) is 12.7 Å². The van der Waals surface area contributed by atoms with Crippen LogP contribution in [0.25, 0.3) is 11.0 Å². The largest absolute Gasteiger partial charge is 0.473 e. The van der Waals surface area contributed by atoms with Crippen LogP contribution in [0, 0.1) is 0 Å². The Kier molecular flexibility index (Phi) is 2.79. The predicted octanol–water partition coefficient (Wildman–Crippen LogP) is -0.310. The minimum absolute atomic E-state index is 0.00449. The zero-order chi connectivity index (χ0) is 10.7. The zero-order valence-corrected chi connectivity index (χ0v) is 7.92. The molecule has 2 aromatic heterocycles. The van der Waals surface area contributed by atoms with Gasteiger partial charge in [0, 0.05) is 6.20 Å². The van der Waals surface area contributed by atoms with Crippen LogP contribution in [0.5, 0.6) is 5.88 Å². The van der Waals surface area contributed by atoms with Crippen LogP contribution < -0.4 is 4.74 Å². The number of fused-ring (bicyclic) bond motifs is 1. The summed E-state index contributed by atoms with van der Waals surface area (Å²) in [4.78, 5) is 10.9. The summed E-state index contributed by atoms with van der Waals surface area (Å²) in [5.41, 5.74) is 1.43. The first-order valence-corrected chi connectivity index (χ1v) is 4.51. The molecular formula is C9H11N3O3. The highest BCUT2D eigenvalue weighted by atomic mass is 16.5. The molecule has 0 fully saturated rings. The molecule has 6 nitrogen and oxygen atoms in total. The maximum Gasteiger partial charge on any atom is 0.242 e. The van der Waals surface area contributed by atoms with Crippen molar-refractivity contribution < 1.29 is 14.9 Å². The number of aliphatic hydroxyl groups excluding tert-OH is 2. The van der Waals surface area contributed by atoms with Crippen molar-refractivity contribution in [3.05, 3.63) is 18.6 Å². The van der Waals surface area contributed by atoms with Gasteiger partial charge in [0.25, 0.3) is 0 Å². The fraction of sp³-hybridized carbons (Fsp3) is 0.333. The van der Waals surface area contributed by atoms with Gasteiger partial charge in [-0.1, -0.05) is 0 Å². The second-order valence-electron chi connectivity index (χ2n) is 3.06. The molecule has 6 heteroatoms. The number of aromatic nitrogens is 3. The molecule has 0 saturated heterocycles. The monoisotopic (exact) mass is 209 g/mol. The molecule has 1 unspecified atom stereocenters. The number of rotatable bonds is 4. The minimum atomic E-state index is -0.902. The first-order valence-electron chi connectivity index (χ1n) is 4.51. The van der Waals surface area contributed by atoms with Gasteiger partial charge in [-0.05, 0) is 6.07 Å². The normalized spacial score (nSPS) is 12.9. The molecule has 2 aromatic rings. The molecule has 80 valence electrons. The molecule has 1 atom stereocenters. The molecule has 2 heterocycles. The highest BCUT2D eigenvalue weighted by molar-refractivity contribution is 5.78. The first kappa shape index (κ1) is 9.88. The highest BCUT2D eigenvalue weighted by Crippen LogP contribution is 2.18. The van der Waals surface area contributed by atoms with E-state index in [1.54, 1.807) is 18.6 Å². The van der Waals surface area contributed by atoms with E-state index in [-0.39, 0.29) is 13.2 Å². The van der Waals surface area contributed by atoms with Crippen LogP contribution in [0.4, 0.5) is 0 Å². The van der Waals surface area contributed by atoms with Gasteiger partial charge in [-0.2, -0.15) is 0 Å². The van der Waals surface area contributed by atoms with Gasteiger partial charge in [0.2, 0.25) is 5.88 Å². The van der Waals surface area contributed by atoms with Crippen LogP contribution in [-0.2, 0) is 0 Å². The van der Waals surface area contributed by atoms with Gasteiger partial charge in [0.15, 0.2) is 5.52 Å². The lowest BCUT2D eigenvalue weighted by molar-refractivity contribution is 0.0526. The number of ether oxygens (including phenoxy) is 1. The van der Waals surface area contributed by atoms with Crippen molar-refractivity contribution in [2.24, 2.45) is 0 Å². The summed E-state index contributed by atoms with van der Waals surface area (Å²) in [6.07, 6.45) is 2.23. The fourth-order valence-corrected chi connectivity index (χ4v) is 1.18. The lowest BCUT2D eigenvalue weighted by atomic mass is 10.4. The number of H-pyrrole nitrogens is 1. The summed E-state index contributed by atoms with van der Waals surface area (Å²) in [5, 5.41) is 17.7. The molecular weight excluding hydrogens is 198 g/mol. The van der Waals surface area contributed by atoms with E-state index in [1.165, 1.54) is 0 Å². The Morgan fingerprint density at radius 2 is 2.33 bits per heavy atom. The molecule has 0 aromatic carbocycles. The Labute approximate surface area is 85.6 Å². The minimum Gasteiger partial charge on any atom is -0.473 e. The molecule has 0 aliphatic carbocycles.